The first-order valence-corrected chi connectivity index (χ1v) is 6.20. The average molecular weight is 300 g/mol. The Hall–Kier alpha value is -2.02. The number of carbonyl (C=O) groups is 3. The maximum absolute atomic E-state index is 13.1. The predicted octanol–water partition coefficient (Wildman–Crippen LogP) is 0.751. The standard InChI is InChI=1S/C12H11ClFN3O3/c1-17-9(18)3-2-8(12(17)20)16-11(19)7-4-6(14)5-15-10(7)13/h4-5,8H,2-3H2,1H3,(H,16,19). The smallest absolute Gasteiger partial charge is 0.255 e. The third kappa shape index (κ3) is 2.77. The van der Waals surface area contributed by atoms with Crippen molar-refractivity contribution >= 4 is 29.3 Å². The van der Waals surface area contributed by atoms with Crippen molar-refractivity contribution in [3.05, 3.63) is 28.8 Å². The summed E-state index contributed by atoms with van der Waals surface area (Å²) in [6, 6.07) is 0.108. The molecule has 0 aromatic carbocycles. The van der Waals surface area contributed by atoms with Crippen molar-refractivity contribution in [2.45, 2.75) is 18.9 Å². The molecule has 0 radical (unpaired) electrons. The number of likely N-dealkylation sites (N-methyl/N-ethyl adjacent to an activating group) is 1. The number of nitrogens with one attached hydrogen (secondary N) is 1. The molecule has 106 valence electrons. The van der Waals surface area contributed by atoms with Gasteiger partial charge in [0.25, 0.3) is 11.8 Å². The Balaban J connectivity index is 2.14. The van der Waals surface area contributed by atoms with Gasteiger partial charge >= 0.3 is 0 Å². The van der Waals surface area contributed by atoms with E-state index in [1.165, 1.54) is 7.05 Å². The summed E-state index contributed by atoms with van der Waals surface area (Å²) in [5, 5.41) is 2.27. The van der Waals surface area contributed by atoms with E-state index in [1.54, 1.807) is 0 Å². The molecule has 1 aromatic rings. The van der Waals surface area contributed by atoms with E-state index in [1.807, 2.05) is 0 Å². The van der Waals surface area contributed by atoms with E-state index in [4.69, 9.17) is 11.6 Å². The number of imide groups is 1. The van der Waals surface area contributed by atoms with E-state index in [-0.39, 0.29) is 29.5 Å². The average Bonchev–Trinajstić information content (AvgIpc) is 2.42. The van der Waals surface area contributed by atoms with Crippen LogP contribution in [0.4, 0.5) is 4.39 Å². The van der Waals surface area contributed by atoms with Crippen LogP contribution in [0.15, 0.2) is 12.3 Å². The number of halogens is 2. The number of aromatic nitrogens is 1. The molecule has 6 nitrogen and oxygen atoms in total. The molecule has 1 fully saturated rings. The minimum Gasteiger partial charge on any atom is -0.340 e. The fraction of sp³-hybridized carbons (Fsp3) is 0.333. The topological polar surface area (TPSA) is 79.4 Å². The zero-order valence-electron chi connectivity index (χ0n) is 10.5. The Morgan fingerprint density at radius 2 is 2.25 bits per heavy atom. The molecule has 2 rings (SSSR count). The van der Waals surface area contributed by atoms with Gasteiger partial charge in [-0.1, -0.05) is 11.6 Å². The van der Waals surface area contributed by atoms with Crippen LogP contribution in [0.2, 0.25) is 5.15 Å². The Morgan fingerprint density at radius 1 is 1.55 bits per heavy atom. The van der Waals surface area contributed by atoms with Gasteiger partial charge < -0.3 is 5.32 Å². The van der Waals surface area contributed by atoms with Crippen LogP contribution < -0.4 is 5.32 Å². The molecule has 2 heterocycles. The third-order valence-electron chi connectivity index (χ3n) is 3.01. The SMILES string of the molecule is CN1C(=O)CCC(NC(=O)c2cc(F)cnc2Cl)C1=O. The van der Waals surface area contributed by atoms with Crippen LogP contribution >= 0.6 is 11.6 Å². The highest BCUT2D eigenvalue weighted by molar-refractivity contribution is 6.32. The lowest BCUT2D eigenvalue weighted by atomic mass is 10.0. The Morgan fingerprint density at radius 3 is 2.95 bits per heavy atom. The lowest BCUT2D eigenvalue weighted by Crippen LogP contribution is -2.52. The molecule has 20 heavy (non-hydrogen) atoms. The van der Waals surface area contributed by atoms with Crippen LogP contribution in [-0.4, -0.2) is 40.7 Å². The molecule has 1 aliphatic heterocycles. The molecule has 0 saturated carbocycles. The molecule has 8 heteroatoms. The monoisotopic (exact) mass is 299 g/mol. The fourth-order valence-electron chi connectivity index (χ4n) is 1.87. The van der Waals surface area contributed by atoms with Crippen molar-refractivity contribution in [3.63, 3.8) is 0 Å². The van der Waals surface area contributed by atoms with Crippen LogP contribution in [0.5, 0.6) is 0 Å². The van der Waals surface area contributed by atoms with Gasteiger partial charge in [-0.05, 0) is 12.5 Å². The maximum atomic E-state index is 13.1. The second kappa shape index (κ2) is 5.54. The first kappa shape index (κ1) is 14.4. The quantitative estimate of drug-likeness (QED) is 0.645. The third-order valence-corrected chi connectivity index (χ3v) is 3.31. The molecule has 3 amide bonds. The van der Waals surface area contributed by atoms with Crippen molar-refractivity contribution in [1.29, 1.82) is 0 Å². The van der Waals surface area contributed by atoms with Gasteiger partial charge in [0.1, 0.15) is 17.0 Å². The largest absolute Gasteiger partial charge is 0.340 e. The summed E-state index contributed by atoms with van der Waals surface area (Å²) >= 11 is 5.71. The summed E-state index contributed by atoms with van der Waals surface area (Å²) in [5.74, 6) is -2.22. The first-order valence-electron chi connectivity index (χ1n) is 5.82. The highest BCUT2D eigenvalue weighted by Gasteiger charge is 2.33. The fourth-order valence-corrected chi connectivity index (χ4v) is 2.06. The molecule has 1 N–H and O–H groups in total. The van der Waals surface area contributed by atoms with Gasteiger partial charge in [0.2, 0.25) is 5.91 Å². The zero-order chi connectivity index (χ0) is 14.9. The maximum Gasteiger partial charge on any atom is 0.255 e. The van der Waals surface area contributed by atoms with Crippen LogP contribution in [-0.2, 0) is 9.59 Å². The summed E-state index contributed by atoms with van der Waals surface area (Å²) in [6.45, 7) is 0. The van der Waals surface area contributed by atoms with E-state index in [9.17, 15) is 18.8 Å². The number of rotatable bonds is 2. The molecule has 0 spiro atoms. The van der Waals surface area contributed by atoms with Crippen molar-refractivity contribution in [3.8, 4) is 0 Å². The van der Waals surface area contributed by atoms with Gasteiger partial charge in [0.15, 0.2) is 0 Å². The minimum absolute atomic E-state index is 0.154. The number of hydrogen-bond donors (Lipinski definition) is 1. The van der Waals surface area contributed by atoms with E-state index in [0.717, 1.165) is 17.2 Å². The van der Waals surface area contributed by atoms with Crippen LogP contribution in [0.1, 0.15) is 23.2 Å². The predicted molar refractivity (Wildman–Crippen MR) is 67.5 cm³/mol. The van der Waals surface area contributed by atoms with Gasteiger partial charge in [0.05, 0.1) is 11.8 Å². The molecule has 0 bridgehead atoms. The number of likely N-dealkylation sites (tertiary alicyclic amines) is 1. The Kier molecular flexibility index (Phi) is 3.99. The number of hydrogen-bond acceptors (Lipinski definition) is 4. The summed E-state index contributed by atoms with van der Waals surface area (Å²) in [5.41, 5.74) is -0.154. The van der Waals surface area contributed by atoms with E-state index in [0.29, 0.717) is 0 Å². The first-order chi connectivity index (χ1) is 9.40. The summed E-state index contributed by atoms with van der Waals surface area (Å²) < 4.78 is 13.1. The lowest BCUT2D eigenvalue weighted by molar-refractivity contribution is -0.147. The summed E-state index contributed by atoms with van der Waals surface area (Å²) in [7, 11) is 1.35. The Bertz CT molecular complexity index is 593. The van der Waals surface area contributed by atoms with Crippen LogP contribution in [0.3, 0.4) is 0 Å². The number of nitrogens with zero attached hydrogens (tertiary/aromatic N) is 2. The van der Waals surface area contributed by atoms with Crippen molar-refractivity contribution < 1.29 is 18.8 Å². The van der Waals surface area contributed by atoms with Crippen molar-refractivity contribution in [1.82, 2.24) is 15.2 Å². The van der Waals surface area contributed by atoms with Gasteiger partial charge in [-0.15, -0.1) is 0 Å². The van der Waals surface area contributed by atoms with Gasteiger partial charge in [0, 0.05) is 13.5 Å². The number of carbonyl (C=O) groups excluding carboxylic acids is 3. The van der Waals surface area contributed by atoms with Crippen LogP contribution in [0.25, 0.3) is 0 Å². The second-order valence-corrected chi connectivity index (χ2v) is 4.71. The van der Waals surface area contributed by atoms with E-state index >= 15 is 0 Å². The highest BCUT2D eigenvalue weighted by atomic mass is 35.5. The summed E-state index contributed by atoms with van der Waals surface area (Å²) in [4.78, 5) is 39.6. The molecule has 1 aliphatic rings. The summed E-state index contributed by atoms with van der Waals surface area (Å²) in [6.07, 6.45) is 1.24. The van der Waals surface area contributed by atoms with Gasteiger partial charge in [-0.2, -0.15) is 0 Å². The van der Waals surface area contributed by atoms with E-state index < -0.39 is 23.7 Å². The number of piperidine rings is 1. The molecule has 1 unspecified atom stereocenters. The number of amides is 3. The molecule has 0 aliphatic carbocycles. The normalized spacial score (nSPS) is 19.1. The zero-order valence-corrected chi connectivity index (χ0v) is 11.3. The lowest BCUT2D eigenvalue weighted by Gasteiger charge is -2.28. The van der Waals surface area contributed by atoms with Gasteiger partial charge in [-0.3, -0.25) is 19.3 Å². The Labute approximate surface area is 118 Å². The van der Waals surface area contributed by atoms with Crippen molar-refractivity contribution in [2.24, 2.45) is 0 Å². The molecule has 1 aromatic heterocycles. The minimum atomic E-state index is -0.829. The molecular weight excluding hydrogens is 289 g/mol. The molecule has 1 saturated heterocycles. The number of pyridine rings is 1. The van der Waals surface area contributed by atoms with E-state index in [2.05, 4.69) is 10.3 Å². The second-order valence-electron chi connectivity index (χ2n) is 4.35. The van der Waals surface area contributed by atoms with Crippen molar-refractivity contribution in [2.75, 3.05) is 7.05 Å². The van der Waals surface area contributed by atoms with Crippen LogP contribution in [0, 0.1) is 5.82 Å². The molecule has 1 atom stereocenters. The van der Waals surface area contributed by atoms with Gasteiger partial charge in [-0.25, -0.2) is 9.37 Å². The highest BCUT2D eigenvalue weighted by Crippen LogP contribution is 2.16. The molecular formula is C12H11ClFN3O3.